The highest BCUT2D eigenvalue weighted by Gasteiger charge is 2.34. The molecule has 0 amide bonds. The van der Waals surface area contributed by atoms with E-state index in [1.54, 1.807) is 0 Å². The first kappa shape index (κ1) is 9.80. The van der Waals surface area contributed by atoms with Crippen molar-refractivity contribution >= 4 is 28.9 Å². The number of benzene rings is 1. The molecule has 80 valence electrons. The molecule has 1 aromatic carbocycles. The minimum Gasteiger partial charge on any atom is -0.381 e. The predicted octanol–water partition coefficient (Wildman–Crippen LogP) is 4.13. The summed E-state index contributed by atoms with van der Waals surface area (Å²) in [4.78, 5) is 0. The van der Waals surface area contributed by atoms with Crippen molar-refractivity contribution in [3.8, 4) is 0 Å². The van der Waals surface area contributed by atoms with E-state index in [0.717, 1.165) is 28.1 Å². The van der Waals surface area contributed by atoms with E-state index in [0.29, 0.717) is 6.04 Å². The third-order valence-electron chi connectivity index (χ3n) is 3.43. The van der Waals surface area contributed by atoms with Gasteiger partial charge in [0, 0.05) is 11.1 Å². The maximum Gasteiger partial charge on any atom is 0.0641 e. The molecule has 1 atom stereocenters. The van der Waals surface area contributed by atoms with Crippen molar-refractivity contribution in [3.05, 3.63) is 27.7 Å². The fourth-order valence-corrected chi connectivity index (χ4v) is 2.89. The summed E-state index contributed by atoms with van der Waals surface area (Å²) in [5.74, 6) is 0.869. The van der Waals surface area contributed by atoms with Gasteiger partial charge in [-0.2, -0.15) is 0 Å². The number of hydrogen-bond acceptors (Lipinski definition) is 1. The predicted molar refractivity (Wildman–Crippen MR) is 64.9 cm³/mol. The molecule has 15 heavy (non-hydrogen) atoms. The molecular formula is C12H13Cl2N. The van der Waals surface area contributed by atoms with E-state index in [1.807, 2.05) is 12.1 Å². The standard InChI is InChI=1S/C12H13Cl2N/c13-9-4-5-10(14)12-8(9)3-6-11(15-12)7-1-2-7/h4-5,7,11,15H,1-3,6H2. The molecule has 0 saturated heterocycles. The molecule has 1 aliphatic carbocycles. The molecule has 3 rings (SSSR count). The first-order chi connectivity index (χ1) is 7.25. The van der Waals surface area contributed by atoms with Crippen LogP contribution in [-0.2, 0) is 6.42 Å². The van der Waals surface area contributed by atoms with Crippen LogP contribution in [0.1, 0.15) is 24.8 Å². The molecule has 2 aliphatic rings. The van der Waals surface area contributed by atoms with E-state index in [4.69, 9.17) is 23.2 Å². The van der Waals surface area contributed by atoms with E-state index in [2.05, 4.69) is 5.32 Å². The third-order valence-corrected chi connectivity index (χ3v) is 4.10. The molecule has 1 fully saturated rings. The van der Waals surface area contributed by atoms with Gasteiger partial charge in [-0.3, -0.25) is 0 Å². The van der Waals surface area contributed by atoms with Crippen molar-refractivity contribution in [1.82, 2.24) is 0 Å². The number of halogens is 2. The molecule has 1 heterocycles. The van der Waals surface area contributed by atoms with E-state index in [1.165, 1.54) is 24.8 Å². The van der Waals surface area contributed by atoms with Gasteiger partial charge in [-0.15, -0.1) is 0 Å². The monoisotopic (exact) mass is 241 g/mol. The number of hydrogen-bond donors (Lipinski definition) is 1. The fraction of sp³-hybridized carbons (Fsp3) is 0.500. The number of fused-ring (bicyclic) bond motifs is 1. The van der Waals surface area contributed by atoms with Crippen LogP contribution in [0.25, 0.3) is 0 Å². The zero-order chi connectivity index (χ0) is 10.4. The molecule has 1 aliphatic heterocycles. The Balaban J connectivity index is 1.96. The van der Waals surface area contributed by atoms with Gasteiger partial charge in [-0.25, -0.2) is 0 Å². The maximum absolute atomic E-state index is 6.18. The van der Waals surface area contributed by atoms with Crippen molar-refractivity contribution in [2.24, 2.45) is 5.92 Å². The zero-order valence-electron chi connectivity index (χ0n) is 8.39. The van der Waals surface area contributed by atoms with Crippen molar-refractivity contribution < 1.29 is 0 Å². The summed E-state index contributed by atoms with van der Waals surface area (Å²) in [5.41, 5.74) is 2.27. The Morgan fingerprint density at radius 1 is 1.07 bits per heavy atom. The lowest BCUT2D eigenvalue weighted by molar-refractivity contribution is 0.570. The summed E-state index contributed by atoms with van der Waals surface area (Å²) >= 11 is 12.3. The van der Waals surface area contributed by atoms with Gasteiger partial charge < -0.3 is 5.32 Å². The van der Waals surface area contributed by atoms with E-state index in [9.17, 15) is 0 Å². The lowest BCUT2D eigenvalue weighted by Gasteiger charge is -2.28. The van der Waals surface area contributed by atoms with Gasteiger partial charge >= 0.3 is 0 Å². The Morgan fingerprint density at radius 2 is 1.80 bits per heavy atom. The summed E-state index contributed by atoms with van der Waals surface area (Å²) in [7, 11) is 0. The van der Waals surface area contributed by atoms with Crippen LogP contribution in [0.3, 0.4) is 0 Å². The van der Waals surface area contributed by atoms with E-state index in [-0.39, 0.29) is 0 Å². The molecule has 0 bridgehead atoms. The smallest absolute Gasteiger partial charge is 0.0641 e. The average molecular weight is 242 g/mol. The molecule has 0 spiro atoms. The van der Waals surface area contributed by atoms with Crippen LogP contribution in [0.15, 0.2) is 12.1 Å². The molecule has 1 N–H and O–H groups in total. The van der Waals surface area contributed by atoms with Crippen molar-refractivity contribution in [3.63, 3.8) is 0 Å². The summed E-state index contributed by atoms with van der Waals surface area (Å²) in [6, 6.07) is 4.39. The first-order valence-electron chi connectivity index (χ1n) is 5.49. The lowest BCUT2D eigenvalue weighted by Crippen LogP contribution is -2.27. The molecule has 0 aromatic heterocycles. The molecule has 1 aromatic rings. The van der Waals surface area contributed by atoms with Gasteiger partial charge in [0.25, 0.3) is 0 Å². The Kier molecular flexibility index (Phi) is 2.33. The van der Waals surface area contributed by atoms with Crippen molar-refractivity contribution in [2.45, 2.75) is 31.7 Å². The minimum atomic E-state index is 0.619. The Labute approximate surface area is 99.8 Å². The Morgan fingerprint density at radius 3 is 2.53 bits per heavy atom. The summed E-state index contributed by atoms with van der Waals surface area (Å²) in [6.07, 6.45) is 4.98. The minimum absolute atomic E-state index is 0.619. The van der Waals surface area contributed by atoms with Gasteiger partial charge in [0.2, 0.25) is 0 Å². The summed E-state index contributed by atoms with van der Waals surface area (Å²) in [6.45, 7) is 0. The highest BCUT2D eigenvalue weighted by atomic mass is 35.5. The number of nitrogens with one attached hydrogen (secondary N) is 1. The fourth-order valence-electron chi connectivity index (χ4n) is 2.40. The normalized spacial score (nSPS) is 24.5. The second-order valence-electron chi connectivity index (χ2n) is 4.51. The number of rotatable bonds is 1. The first-order valence-corrected chi connectivity index (χ1v) is 6.24. The van der Waals surface area contributed by atoms with E-state index < -0.39 is 0 Å². The van der Waals surface area contributed by atoms with E-state index >= 15 is 0 Å². The van der Waals surface area contributed by atoms with Gasteiger partial charge in [-0.05, 0) is 49.3 Å². The Hall–Kier alpha value is -0.400. The lowest BCUT2D eigenvalue weighted by atomic mass is 9.95. The van der Waals surface area contributed by atoms with Gasteiger partial charge in [0.05, 0.1) is 10.7 Å². The summed E-state index contributed by atoms with van der Waals surface area (Å²) < 4.78 is 0. The zero-order valence-corrected chi connectivity index (χ0v) is 9.91. The maximum atomic E-state index is 6.18. The second-order valence-corrected chi connectivity index (χ2v) is 5.32. The Bertz CT molecular complexity index is 399. The topological polar surface area (TPSA) is 12.0 Å². The van der Waals surface area contributed by atoms with Crippen LogP contribution >= 0.6 is 23.2 Å². The molecule has 1 saturated carbocycles. The van der Waals surface area contributed by atoms with Gasteiger partial charge in [0.15, 0.2) is 0 Å². The van der Waals surface area contributed by atoms with Crippen LogP contribution in [0.5, 0.6) is 0 Å². The average Bonchev–Trinajstić information content (AvgIpc) is 3.07. The third kappa shape index (κ3) is 1.72. The summed E-state index contributed by atoms with van der Waals surface area (Å²) in [5, 5.41) is 5.20. The molecule has 0 radical (unpaired) electrons. The van der Waals surface area contributed by atoms with Crippen LogP contribution in [-0.4, -0.2) is 6.04 Å². The van der Waals surface area contributed by atoms with Crippen molar-refractivity contribution in [2.75, 3.05) is 5.32 Å². The molecular weight excluding hydrogens is 229 g/mol. The van der Waals surface area contributed by atoms with Crippen molar-refractivity contribution in [1.29, 1.82) is 0 Å². The van der Waals surface area contributed by atoms with Crippen LogP contribution < -0.4 is 5.32 Å². The SMILES string of the molecule is Clc1ccc(Cl)c2c1CCC(C1CC1)N2. The quantitative estimate of drug-likeness (QED) is 0.780. The molecule has 3 heteroatoms. The largest absolute Gasteiger partial charge is 0.381 e. The van der Waals surface area contributed by atoms with Gasteiger partial charge in [-0.1, -0.05) is 23.2 Å². The highest BCUT2D eigenvalue weighted by Crippen LogP contribution is 2.43. The van der Waals surface area contributed by atoms with Crippen LogP contribution in [0.4, 0.5) is 5.69 Å². The van der Waals surface area contributed by atoms with Crippen LogP contribution in [0, 0.1) is 5.92 Å². The highest BCUT2D eigenvalue weighted by molar-refractivity contribution is 6.36. The van der Waals surface area contributed by atoms with Crippen LogP contribution in [0.2, 0.25) is 10.0 Å². The second kappa shape index (κ2) is 3.57. The molecule has 1 unspecified atom stereocenters. The number of anilines is 1. The van der Waals surface area contributed by atoms with Gasteiger partial charge in [0.1, 0.15) is 0 Å². The molecule has 1 nitrogen and oxygen atoms in total.